The van der Waals surface area contributed by atoms with Gasteiger partial charge in [-0.25, -0.2) is 4.98 Å². The number of aryl methyl sites for hydroxylation is 3. The number of fused-ring (bicyclic) bond motifs is 1. The van der Waals surface area contributed by atoms with Gasteiger partial charge in [-0.1, -0.05) is 12.1 Å². The summed E-state index contributed by atoms with van der Waals surface area (Å²) in [6, 6.07) is 6.46. The SMILES string of the molecule is COc1ccccc1NC(=O)C(C)n1c(C)nc2sc(C)c(C)c2c1=O. The second-order valence-corrected chi connectivity index (χ2v) is 7.37. The molecule has 26 heavy (non-hydrogen) atoms. The van der Waals surface area contributed by atoms with Crippen LogP contribution in [-0.4, -0.2) is 22.6 Å². The number of thiophene rings is 1. The van der Waals surface area contributed by atoms with Crippen molar-refractivity contribution in [1.29, 1.82) is 0 Å². The maximum absolute atomic E-state index is 13.0. The summed E-state index contributed by atoms with van der Waals surface area (Å²) in [4.78, 5) is 32.1. The number of methoxy groups -OCH3 is 1. The Hall–Kier alpha value is -2.67. The minimum atomic E-state index is -0.705. The quantitative estimate of drug-likeness (QED) is 0.761. The van der Waals surface area contributed by atoms with Gasteiger partial charge in [0.1, 0.15) is 22.4 Å². The molecule has 1 atom stereocenters. The molecule has 136 valence electrons. The first-order chi connectivity index (χ1) is 12.3. The number of carbonyl (C=O) groups excluding carboxylic acids is 1. The molecule has 0 aliphatic carbocycles. The molecule has 0 spiro atoms. The van der Waals surface area contributed by atoms with Crippen LogP contribution in [-0.2, 0) is 4.79 Å². The van der Waals surface area contributed by atoms with Crippen LogP contribution in [0.1, 0.15) is 29.2 Å². The van der Waals surface area contributed by atoms with Gasteiger partial charge in [0.05, 0.1) is 18.2 Å². The van der Waals surface area contributed by atoms with Crippen LogP contribution >= 0.6 is 11.3 Å². The number of ether oxygens (including phenoxy) is 1. The van der Waals surface area contributed by atoms with Crippen LogP contribution in [0.25, 0.3) is 10.2 Å². The predicted molar refractivity (Wildman–Crippen MR) is 104 cm³/mol. The highest BCUT2D eigenvalue weighted by Gasteiger charge is 2.23. The van der Waals surface area contributed by atoms with Crippen molar-refractivity contribution in [2.75, 3.05) is 12.4 Å². The lowest BCUT2D eigenvalue weighted by atomic mass is 10.2. The van der Waals surface area contributed by atoms with Gasteiger partial charge in [0.25, 0.3) is 5.56 Å². The summed E-state index contributed by atoms with van der Waals surface area (Å²) in [7, 11) is 1.54. The second-order valence-electron chi connectivity index (χ2n) is 6.16. The van der Waals surface area contributed by atoms with Crippen LogP contribution in [0.3, 0.4) is 0 Å². The molecule has 1 unspecified atom stereocenters. The zero-order chi connectivity index (χ0) is 19.0. The molecule has 1 N–H and O–H groups in total. The molecule has 7 heteroatoms. The Kier molecular flexibility index (Phi) is 4.82. The van der Waals surface area contributed by atoms with E-state index in [2.05, 4.69) is 10.3 Å². The Morgan fingerprint density at radius 2 is 1.96 bits per heavy atom. The third-order valence-electron chi connectivity index (χ3n) is 4.54. The average molecular weight is 371 g/mol. The van der Waals surface area contributed by atoms with Crippen LogP contribution in [0.2, 0.25) is 0 Å². The number of amides is 1. The average Bonchev–Trinajstić information content (AvgIpc) is 2.89. The first-order valence-electron chi connectivity index (χ1n) is 8.27. The Labute approximate surface area is 155 Å². The Morgan fingerprint density at radius 1 is 1.27 bits per heavy atom. The highest BCUT2D eigenvalue weighted by atomic mass is 32.1. The number of hydrogen-bond acceptors (Lipinski definition) is 5. The van der Waals surface area contributed by atoms with E-state index in [0.29, 0.717) is 22.6 Å². The number of benzene rings is 1. The number of nitrogens with zero attached hydrogens (tertiary/aromatic N) is 2. The minimum Gasteiger partial charge on any atom is -0.495 e. The summed E-state index contributed by atoms with van der Waals surface area (Å²) in [6.07, 6.45) is 0. The smallest absolute Gasteiger partial charge is 0.263 e. The third-order valence-corrected chi connectivity index (χ3v) is 5.64. The van der Waals surface area contributed by atoms with Gasteiger partial charge in [-0.15, -0.1) is 11.3 Å². The van der Waals surface area contributed by atoms with Gasteiger partial charge in [-0.2, -0.15) is 0 Å². The molecule has 0 radical (unpaired) electrons. The fourth-order valence-corrected chi connectivity index (χ4v) is 4.03. The molecule has 1 amide bonds. The van der Waals surface area contributed by atoms with Gasteiger partial charge in [0, 0.05) is 4.88 Å². The summed E-state index contributed by atoms with van der Waals surface area (Å²) in [5.41, 5.74) is 1.31. The van der Waals surface area contributed by atoms with Crippen molar-refractivity contribution in [2.24, 2.45) is 0 Å². The second kappa shape index (κ2) is 6.92. The summed E-state index contributed by atoms with van der Waals surface area (Å²) < 4.78 is 6.71. The molecule has 2 heterocycles. The minimum absolute atomic E-state index is 0.183. The number of carbonyl (C=O) groups is 1. The Balaban J connectivity index is 2.02. The largest absolute Gasteiger partial charge is 0.495 e. The molecule has 0 aliphatic rings. The molecule has 0 fully saturated rings. The molecule has 6 nitrogen and oxygen atoms in total. The summed E-state index contributed by atoms with van der Waals surface area (Å²) >= 11 is 1.50. The van der Waals surface area contributed by atoms with E-state index in [0.717, 1.165) is 15.3 Å². The first kappa shape index (κ1) is 18.1. The zero-order valence-electron chi connectivity index (χ0n) is 15.4. The van der Waals surface area contributed by atoms with Crippen molar-refractivity contribution in [3.8, 4) is 5.75 Å². The Bertz CT molecular complexity index is 1050. The molecular formula is C19H21N3O3S. The van der Waals surface area contributed by atoms with Crippen molar-refractivity contribution in [3.05, 3.63) is 50.9 Å². The van der Waals surface area contributed by atoms with Gasteiger partial charge in [-0.3, -0.25) is 14.2 Å². The number of hydrogen-bond donors (Lipinski definition) is 1. The van der Waals surface area contributed by atoms with Crippen molar-refractivity contribution < 1.29 is 9.53 Å². The molecule has 3 rings (SSSR count). The number of nitrogens with one attached hydrogen (secondary N) is 1. The lowest BCUT2D eigenvalue weighted by Crippen LogP contribution is -2.33. The summed E-state index contributed by atoms with van der Waals surface area (Å²) in [5, 5.41) is 3.43. The van der Waals surface area contributed by atoms with E-state index >= 15 is 0 Å². The van der Waals surface area contributed by atoms with Gasteiger partial charge >= 0.3 is 0 Å². The van der Waals surface area contributed by atoms with E-state index in [1.54, 1.807) is 33.1 Å². The number of anilines is 1. The maximum atomic E-state index is 13.0. The van der Waals surface area contributed by atoms with Crippen LogP contribution in [0.4, 0.5) is 5.69 Å². The van der Waals surface area contributed by atoms with Crippen LogP contribution in [0.5, 0.6) is 5.75 Å². The van der Waals surface area contributed by atoms with Crippen LogP contribution in [0, 0.1) is 20.8 Å². The molecule has 0 saturated carbocycles. The normalized spacial score (nSPS) is 12.2. The first-order valence-corrected chi connectivity index (χ1v) is 9.09. The molecule has 2 aromatic heterocycles. The van der Waals surface area contributed by atoms with E-state index in [9.17, 15) is 9.59 Å². The summed E-state index contributed by atoms with van der Waals surface area (Å²) in [5.74, 6) is 0.784. The van der Waals surface area contributed by atoms with Crippen LogP contribution < -0.4 is 15.6 Å². The van der Waals surface area contributed by atoms with E-state index in [1.165, 1.54) is 15.9 Å². The highest BCUT2D eigenvalue weighted by molar-refractivity contribution is 7.18. The van der Waals surface area contributed by atoms with E-state index in [-0.39, 0.29) is 11.5 Å². The highest BCUT2D eigenvalue weighted by Crippen LogP contribution is 2.27. The fourth-order valence-electron chi connectivity index (χ4n) is 2.97. The van der Waals surface area contributed by atoms with Gasteiger partial charge < -0.3 is 10.1 Å². The van der Waals surface area contributed by atoms with Gasteiger partial charge in [-0.05, 0) is 45.4 Å². The molecule has 0 aliphatic heterocycles. The predicted octanol–water partition coefficient (Wildman–Crippen LogP) is 3.59. The van der Waals surface area contributed by atoms with E-state index in [4.69, 9.17) is 4.74 Å². The van der Waals surface area contributed by atoms with E-state index < -0.39 is 6.04 Å². The molecule has 1 aromatic carbocycles. The topological polar surface area (TPSA) is 73.2 Å². The molecule has 0 bridgehead atoms. The van der Waals surface area contributed by atoms with Gasteiger partial charge in [0.2, 0.25) is 5.91 Å². The molecule has 0 saturated heterocycles. The standard InChI is InChI=1S/C19H21N3O3S/c1-10-12(3)26-18-16(10)19(24)22(13(4)20-18)11(2)17(23)21-14-8-6-7-9-15(14)25-5/h6-9,11H,1-5H3,(H,21,23). The molecule has 3 aromatic rings. The lowest BCUT2D eigenvalue weighted by Gasteiger charge is -2.18. The van der Waals surface area contributed by atoms with Crippen molar-refractivity contribution in [2.45, 2.75) is 33.7 Å². The molecular weight excluding hydrogens is 350 g/mol. The number of para-hydroxylation sites is 2. The zero-order valence-corrected chi connectivity index (χ0v) is 16.2. The maximum Gasteiger partial charge on any atom is 0.263 e. The van der Waals surface area contributed by atoms with Crippen molar-refractivity contribution in [3.63, 3.8) is 0 Å². The lowest BCUT2D eigenvalue weighted by molar-refractivity contribution is -0.118. The third kappa shape index (κ3) is 2.99. The van der Waals surface area contributed by atoms with E-state index in [1.807, 2.05) is 26.0 Å². The van der Waals surface area contributed by atoms with Gasteiger partial charge in [0.15, 0.2) is 0 Å². The Morgan fingerprint density at radius 3 is 2.65 bits per heavy atom. The number of aromatic nitrogens is 2. The summed E-state index contributed by atoms with van der Waals surface area (Å²) in [6.45, 7) is 7.33. The fraction of sp³-hybridized carbons (Fsp3) is 0.316. The van der Waals surface area contributed by atoms with Crippen molar-refractivity contribution in [1.82, 2.24) is 9.55 Å². The number of rotatable bonds is 4. The monoisotopic (exact) mass is 371 g/mol. The van der Waals surface area contributed by atoms with Crippen molar-refractivity contribution >= 4 is 33.1 Å². The van der Waals surface area contributed by atoms with Crippen LogP contribution in [0.15, 0.2) is 29.1 Å².